The maximum Gasteiger partial charge on any atom is 0.0646 e. The molecule has 0 bridgehead atoms. The zero-order valence-corrected chi connectivity index (χ0v) is 11.6. The summed E-state index contributed by atoms with van der Waals surface area (Å²) in [7, 11) is 0. The summed E-state index contributed by atoms with van der Waals surface area (Å²) in [5, 5.41) is 0. The first-order chi connectivity index (χ1) is 8.29. The summed E-state index contributed by atoms with van der Waals surface area (Å²) in [5.74, 6) is 0.616. The van der Waals surface area contributed by atoms with Crippen LogP contribution in [0.4, 0.5) is 0 Å². The highest BCUT2D eigenvalue weighted by Crippen LogP contribution is 2.27. The number of nitrogens with zero attached hydrogens (tertiary/aromatic N) is 2. The SMILES string of the molecule is CCCCCCC(CCC)c1nccnc1C. The Bertz CT molecular complexity index is 310. The van der Waals surface area contributed by atoms with Crippen molar-refractivity contribution in [1.29, 1.82) is 0 Å². The van der Waals surface area contributed by atoms with E-state index >= 15 is 0 Å². The van der Waals surface area contributed by atoms with Crippen molar-refractivity contribution in [3.05, 3.63) is 23.8 Å². The highest BCUT2D eigenvalue weighted by atomic mass is 14.8. The van der Waals surface area contributed by atoms with Crippen LogP contribution in [0.2, 0.25) is 0 Å². The summed E-state index contributed by atoms with van der Waals surface area (Å²) in [6.07, 6.45) is 12.7. The summed E-state index contributed by atoms with van der Waals surface area (Å²) in [6.45, 7) is 6.60. The van der Waals surface area contributed by atoms with Gasteiger partial charge in [-0.2, -0.15) is 0 Å². The molecule has 1 atom stereocenters. The first-order valence-corrected chi connectivity index (χ1v) is 7.07. The lowest BCUT2D eigenvalue weighted by Gasteiger charge is -2.16. The molecule has 0 fully saturated rings. The zero-order chi connectivity index (χ0) is 12.5. The molecule has 0 amide bonds. The van der Waals surface area contributed by atoms with Crippen molar-refractivity contribution < 1.29 is 0 Å². The molecule has 0 saturated heterocycles. The van der Waals surface area contributed by atoms with Gasteiger partial charge in [0.25, 0.3) is 0 Å². The summed E-state index contributed by atoms with van der Waals surface area (Å²) < 4.78 is 0. The molecule has 96 valence electrons. The average Bonchev–Trinajstić information content (AvgIpc) is 2.34. The lowest BCUT2D eigenvalue weighted by Crippen LogP contribution is -2.05. The number of rotatable bonds is 8. The smallest absolute Gasteiger partial charge is 0.0646 e. The van der Waals surface area contributed by atoms with E-state index in [2.05, 4.69) is 30.7 Å². The lowest BCUT2D eigenvalue weighted by atomic mass is 9.92. The molecule has 0 aliphatic carbocycles. The monoisotopic (exact) mass is 234 g/mol. The summed E-state index contributed by atoms with van der Waals surface area (Å²) in [5.41, 5.74) is 2.34. The van der Waals surface area contributed by atoms with Crippen LogP contribution >= 0.6 is 0 Å². The van der Waals surface area contributed by atoms with Gasteiger partial charge in [-0.05, 0) is 19.8 Å². The predicted octanol–water partition coefficient (Wildman–Crippen LogP) is 4.64. The Balaban J connectivity index is 2.56. The minimum Gasteiger partial charge on any atom is -0.258 e. The molecule has 0 spiro atoms. The van der Waals surface area contributed by atoms with Crippen molar-refractivity contribution in [1.82, 2.24) is 9.97 Å². The van der Waals surface area contributed by atoms with Gasteiger partial charge >= 0.3 is 0 Å². The number of aryl methyl sites for hydroxylation is 1. The van der Waals surface area contributed by atoms with E-state index in [1.54, 1.807) is 6.20 Å². The summed E-state index contributed by atoms with van der Waals surface area (Å²) in [4.78, 5) is 8.90. The van der Waals surface area contributed by atoms with Crippen molar-refractivity contribution in [3.63, 3.8) is 0 Å². The van der Waals surface area contributed by atoms with Crippen molar-refractivity contribution in [2.75, 3.05) is 0 Å². The van der Waals surface area contributed by atoms with E-state index in [1.165, 1.54) is 50.6 Å². The summed E-state index contributed by atoms with van der Waals surface area (Å²) in [6, 6.07) is 0. The van der Waals surface area contributed by atoms with E-state index in [0.717, 1.165) is 5.69 Å². The Labute approximate surface area is 106 Å². The molecular weight excluding hydrogens is 208 g/mol. The van der Waals surface area contributed by atoms with Gasteiger partial charge in [0, 0.05) is 18.3 Å². The van der Waals surface area contributed by atoms with Crippen LogP contribution in [0.15, 0.2) is 12.4 Å². The van der Waals surface area contributed by atoms with Crippen LogP contribution < -0.4 is 0 Å². The molecule has 1 rings (SSSR count). The van der Waals surface area contributed by atoms with Crippen molar-refractivity contribution in [2.24, 2.45) is 0 Å². The molecule has 17 heavy (non-hydrogen) atoms. The fraction of sp³-hybridized carbons (Fsp3) is 0.733. The highest BCUT2D eigenvalue weighted by Gasteiger charge is 2.14. The van der Waals surface area contributed by atoms with Crippen LogP contribution in [-0.4, -0.2) is 9.97 Å². The Hall–Kier alpha value is -0.920. The van der Waals surface area contributed by atoms with Crippen LogP contribution in [0.5, 0.6) is 0 Å². The molecular formula is C15H26N2. The van der Waals surface area contributed by atoms with Crippen molar-refractivity contribution >= 4 is 0 Å². The molecule has 2 heteroatoms. The minimum atomic E-state index is 0.616. The van der Waals surface area contributed by atoms with Crippen LogP contribution in [0.1, 0.15) is 76.1 Å². The molecule has 0 saturated carbocycles. The first kappa shape index (κ1) is 14.1. The Morgan fingerprint density at radius 2 is 1.71 bits per heavy atom. The van der Waals surface area contributed by atoms with Gasteiger partial charge in [0.15, 0.2) is 0 Å². The molecule has 1 aromatic heterocycles. The van der Waals surface area contributed by atoms with E-state index in [-0.39, 0.29) is 0 Å². The first-order valence-electron chi connectivity index (χ1n) is 7.07. The maximum absolute atomic E-state index is 4.53. The Morgan fingerprint density at radius 3 is 2.35 bits per heavy atom. The van der Waals surface area contributed by atoms with Crippen molar-refractivity contribution in [3.8, 4) is 0 Å². The Kier molecular flexibility index (Phi) is 6.83. The fourth-order valence-electron chi connectivity index (χ4n) is 2.40. The molecule has 0 aliphatic rings. The average molecular weight is 234 g/mol. The van der Waals surface area contributed by atoms with Gasteiger partial charge in [0.1, 0.15) is 0 Å². The maximum atomic E-state index is 4.53. The van der Waals surface area contributed by atoms with Crippen molar-refractivity contribution in [2.45, 2.75) is 71.6 Å². The molecule has 0 aliphatic heterocycles. The van der Waals surface area contributed by atoms with E-state index in [0.29, 0.717) is 5.92 Å². The topological polar surface area (TPSA) is 25.8 Å². The van der Waals surface area contributed by atoms with Gasteiger partial charge in [-0.3, -0.25) is 9.97 Å². The number of hydrogen-bond acceptors (Lipinski definition) is 2. The third-order valence-electron chi connectivity index (χ3n) is 3.35. The molecule has 2 nitrogen and oxygen atoms in total. The van der Waals surface area contributed by atoms with Crippen LogP contribution in [0.25, 0.3) is 0 Å². The van der Waals surface area contributed by atoms with E-state index in [1.807, 2.05) is 6.20 Å². The van der Waals surface area contributed by atoms with Gasteiger partial charge in [-0.25, -0.2) is 0 Å². The van der Waals surface area contributed by atoms with Gasteiger partial charge in [-0.1, -0.05) is 46.0 Å². The minimum absolute atomic E-state index is 0.616. The van der Waals surface area contributed by atoms with E-state index in [4.69, 9.17) is 0 Å². The van der Waals surface area contributed by atoms with Gasteiger partial charge in [-0.15, -0.1) is 0 Å². The lowest BCUT2D eigenvalue weighted by molar-refractivity contribution is 0.508. The van der Waals surface area contributed by atoms with Gasteiger partial charge < -0.3 is 0 Å². The van der Waals surface area contributed by atoms with Gasteiger partial charge in [0.2, 0.25) is 0 Å². The third kappa shape index (κ3) is 4.84. The van der Waals surface area contributed by atoms with Crippen LogP contribution in [0.3, 0.4) is 0 Å². The molecule has 1 unspecified atom stereocenters. The van der Waals surface area contributed by atoms with Crippen LogP contribution in [-0.2, 0) is 0 Å². The second kappa shape index (κ2) is 8.21. The number of unbranched alkanes of at least 4 members (excludes halogenated alkanes) is 3. The molecule has 1 heterocycles. The predicted molar refractivity (Wildman–Crippen MR) is 73.2 cm³/mol. The second-order valence-corrected chi connectivity index (χ2v) is 4.86. The fourth-order valence-corrected chi connectivity index (χ4v) is 2.40. The second-order valence-electron chi connectivity index (χ2n) is 4.86. The quantitative estimate of drug-likeness (QED) is 0.612. The largest absolute Gasteiger partial charge is 0.258 e. The van der Waals surface area contributed by atoms with Crippen LogP contribution in [0, 0.1) is 6.92 Å². The molecule has 0 aromatic carbocycles. The third-order valence-corrected chi connectivity index (χ3v) is 3.35. The molecule has 0 radical (unpaired) electrons. The Morgan fingerprint density at radius 1 is 0.941 bits per heavy atom. The molecule has 1 aromatic rings. The van der Waals surface area contributed by atoms with E-state index < -0.39 is 0 Å². The van der Waals surface area contributed by atoms with E-state index in [9.17, 15) is 0 Å². The number of aromatic nitrogens is 2. The molecule has 0 N–H and O–H groups in total. The number of hydrogen-bond donors (Lipinski definition) is 0. The normalized spacial score (nSPS) is 12.6. The van der Waals surface area contributed by atoms with Gasteiger partial charge in [0.05, 0.1) is 11.4 Å². The zero-order valence-electron chi connectivity index (χ0n) is 11.6. The highest BCUT2D eigenvalue weighted by molar-refractivity contribution is 5.13. The standard InChI is InChI=1S/C15H26N2/c1-4-6-7-8-10-14(9-5-2)15-13(3)16-11-12-17-15/h11-12,14H,4-10H2,1-3H3. The summed E-state index contributed by atoms with van der Waals surface area (Å²) >= 11 is 0.